The van der Waals surface area contributed by atoms with Crippen molar-refractivity contribution in [3.8, 4) is 0 Å². The van der Waals surface area contributed by atoms with Crippen molar-refractivity contribution in [1.82, 2.24) is 4.57 Å². The van der Waals surface area contributed by atoms with E-state index in [1.807, 2.05) is 6.92 Å². The third-order valence-corrected chi connectivity index (χ3v) is 2.71. The number of benzene rings is 1. The number of carbonyl (C=O) groups excluding carboxylic acids is 1. The van der Waals surface area contributed by atoms with Crippen molar-refractivity contribution in [3.63, 3.8) is 0 Å². The van der Waals surface area contributed by atoms with E-state index in [9.17, 15) is 9.18 Å². The second-order valence-corrected chi connectivity index (χ2v) is 3.66. The first kappa shape index (κ1) is 10.6. The summed E-state index contributed by atoms with van der Waals surface area (Å²) in [7, 11) is 0. The van der Waals surface area contributed by atoms with Crippen molar-refractivity contribution in [2.75, 3.05) is 0 Å². The van der Waals surface area contributed by atoms with Crippen molar-refractivity contribution < 1.29 is 9.18 Å². The van der Waals surface area contributed by atoms with Gasteiger partial charge in [0, 0.05) is 11.8 Å². The lowest BCUT2D eigenvalue weighted by Gasteiger charge is -2.16. The Kier molecular flexibility index (Phi) is 2.86. The summed E-state index contributed by atoms with van der Waals surface area (Å²) in [6.45, 7) is 1.87. The van der Waals surface area contributed by atoms with Crippen LogP contribution in [0, 0.1) is 5.82 Å². The van der Waals surface area contributed by atoms with Gasteiger partial charge in [-0.05, 0) is 25.1 Å². The number of hydrogen-bond donors (Lipinski definition) is 0. The van der Waals surface area contributed by atoms with Crippen LogP contribution in [0.15, 0.2) is 42.6 Å². The number of halogens is 1. The van der Waals surface area contributed by atoms with Crippen molar-refractivity contribution in [2.24, 2.45) is 0 Å². The highest BCUT2D eigenvalue weighted by Gasteiger charge is 2.13. The molecule has 0 radical (unpaired) electrons. The molecule has 0 saturated carbocycles. The lowest BCUT2D eigenvalue weighted by Crippen LogP contribution is -2.10. The average Bonchev–Trinajstić information content (AvgIpc) is 2.77. The fraction of sp³-hybridized carbons (Fsp3) is 0.154. The fourth-order valence-electron chi connectivity index (χ4n) is 1.82. The Labute approximate surface area is 93.3 Å². The Morgan fingerprint density at radius 2 is 2.00 bits per heavy atom. The molecule has 0 bridgehead atoms. The van der Waals surface area contributed by atoms with Crippen LogP contribution in [-0.4, -0.2) is 10.9 Å². The molecule has 1 atom stereocenters. The zero-order valence-corrected chi connectivity index (χ0v) is 8.93. The second kappa shape index (κ2) is 4.31. The average molecular weight is 217 g/mol. The SMILES string of the molecule is C[C@H](c1ccccc1F)n1cccc1C=O. The second-order valence-electron chi connectivity index (χ2n) is 3.66. The maximum atomic E-state index is 13.6. The molecule has 0 fully saturated rings. The molecule has 1 heterocycles. The molecule has 0 aliphatic rings. The fourth-order valence-corrected chi connectivity index (χ4v) is 1.82. The summed E-state index contributed by atoms with van der Waals surface area (Å²) >= 11 is 0. The van der Waals surface area contributed by atoms with Gasteiger partial charge in [-0.1, -0.05) is 18.2 Å². The van der Waals surface area contributed by atoms with Gasteiger partial charge in [-0.15, -0.1) is 0 Å². The minimum atomic E-state index is -0.249. The van der Waals surface area contributed by atoms with Gasteiger partial charge in [0.05, 0.1) is 11.7 Å². The van der Waals surface area contributed by atoms with E-state index in [4.69, 9.17) is 0 Å². The predicted molar refractivity (Wildman–Crippen MR) is 60.0 cm³/mol. The van der Waals surface area contributed by atoms with Crippen molar-refractivity contribution in [3.05, 3.63) is 59.7 Å². The first-order valence-corrected chi connectivity index (χ1v) is 5.10. The minimum Gasteiger partial charge on any atom is -0.338 e. The number of nitrogens with zero attached hydrogens (tertiary/aromatic N) is 1. The molecule has 2 rings (SSSR count). The molecule has 0 amide bonds. The van der Waals surface area contributed by atoms with Crippen molar-refractivity contribution in [1.29, 1.82) is 0 Å². The van der Waals surface area contributed by atoms with E-state index in [2.05, 4.69) is 0 Å². The zero-order valence-electron chi connectivity index (χ0n) is 8.93. The molecule has 0 aliphatic carbocycles. The van der Waals surface area contributed by atoms with E-state index in [1.54, 1.807) is 41.1 Å². The molecular weight excluding hydrogens is 205 g/mol. The molecule has 2 nitrogen and oxygen atoms in total. The maximum Gasteiger partial charge on any atom is 0.166 e. The Morgan fingerprint density at radius 3 is 2.69 bits per heavy atom. The molecule has 0 spiro atoms. The highest BCUT2D eigenvalue weighted by Crippen LogP contribution is 2.22. The van der Waals surface area contributed by atoms with Crippen LogP contribution in [0.2, 0.25) is 0 Å². The molecule has 0 saturated heterocycles. The quantitative estimate of drug-likeness (QED) is 0.724. The zero-order chi connectivity index (χ0) is 11.5. The van der Waals surface area contributed by atoms with Crippen molar-refractivity contribution in [2.45, 2.75) is 13.0 Å². The van der Waals surface area contributed by atoms with Gasteiger partial charge >= 0.3 is 0 Å². The van der Waals surface area contributed by atoms with E-state index in [1.165, 1.54) is 6.07 Å². The summed E-state index contributed by atoms with van der Waals surface area (Å²) < 4.78 is 15.3. The van der Waals surface area contributed by atoms with Gasteiger partial charge in [-0.2, -0.15) is 0 Å². The number of aldehydes is 1. The monoisotopic (exact) mass is 217 g/mol. The Morgan fingerprint density at radius 1 is 1.25 bits per heavy atom. The lowest BCUT2D eigenvalue weighted by molar-refractivity contribution is 0.111. The van der Waals surface area contributed by atoms with E-state index < -0.39 is 0 Å². The van der Waals surface area contributed by atoms with E-state index >= 15 is 0 Å². The normalized spacial score (nSPS) is 12.4. The van der Waals surface area contributed by atoms with E-state index in [-0.39, 0.29) is 11.9 Å². The van der Waals surface area contributed by atoms with Gasteiger partial charge in [0.2, 0.25) is 0 Å². The van der Waals surface area contributed by atoms with Gasteiger partial charge < -0.3 is 4.57 Å². The largest absolute Gasteiger partial charge is 0.338 e. The van der Waals surface area contributed by atoms with Gasteiger partial charge in [-0.25, -0.2) is 4.39 Å². The molecule has 0 N–H and O–H groups in total. The topological polar surface area (TPSA) is 22.0 Å². The van der Waals surface area contributed by atoms with Gasteiger partial charge in [0.15, 0.2) is 6.29 Å². The van der Waals surface area contributed by atoms with Crippen LogP contribution in [0.25, 0.3) is 0 Å². The summed E-state index contributed by atoms with van der Waals surface area (Å²) in [6.07, 6.45) is 2.55. The predicted octanol–water partition coefficient (Wildman–Crippen LogP) is 3.05. The molecule has 82 valence electrons. The first-order valence-electron chi connectivity index (χ1n) is 5.10. The van der Waals surface area contributed by atoms with Crippen LogP contribution in [-0.2, 0) is 0 Å². The van der Waals surface area contributed by atoms with Gasteiger partial charge in [0.1, 0.15) is 5.82 Å². The number of hydrogen-bond acceptors (Lipinski definition) is 1. The van der Waals surface area contributed by atoms with Crippen LogP contribution < -0.4 is 0 Å². The number of carbonyl (C=O) groups is 1. The first-order chi connectivity index (χ1) is 7.74. The lowest BCUT2D eigenvalue weighted by atomic mass is 10.1. The summed E-state index contributed by atoms with van der Waals surface area (Å²) in [6, 6.07) is 9.91. The summed E-state index contributed by atoms with van der Waals surface area (Å²) in [5, 5.41) is 0. The molecule has 1 aromatic heterocycles. The smallest absolute Gasteiger partial charge is 0.166 e. The van der Waals surface area contributed by atoms with Crippen LogP contribution in [0.5, 0.6) is 0 Å². The van der Waals surface area contributed by atoms with E-state index in [0.29, 0.717) is 11.3 Å². The van der Waals surface area contributed by atoms with Gasteiger partial charge in [0.25, 0.3) is 0 Å². The van der Waals surface area contributed by atoms with Crippen LogP contribution in [0.4, 0.5) is 4.39 Å². The molecule has 3 heteroatoms. The van der Waals surface area contributed by atoms with Crippen LogP contribution >= 0.6 is 0 Å². The molecule has 1 aromatic carbocycles. The number of rotatable bonds is 3. The van der Waals surface area contributed by atoms with Crippen LogP contribution in [0.3, 0.4) is 0 Å². The Hall–Kier alpha value is -1.90. The van der Waals surface area contributed by atoms with E-state index in [0.717, 1.165) is 6.29 Å². The molecular formula is C13H12FNO. The summed E-state index contributed by atoms with van der Waals surface area (Å²) in [4.78, 5) is 10.8. The highest BCUT2D eigenvalue weighted by molar-refractivity contribution is 5.72. The third kappa shape index (κ3) is 1.76. The molecule has 0 aliphatic heterocycles. The molecule has 16 heavy (non-hydrogen) atoms. The molecule has 2 aromatic rings. The molecule has 0 unspecified atom stereocenters. The highest BCUT2D eigenvalue weighted by atomic mass is 19.1. The minimum absolute atomic E-state index is 0.184. The summed E-state index contributed by atoms with van der Waals surface area (Å²) in [5.74, 6) is -0.249. The number of aromatic nitrogens is 1. The Bertz CT molecular complexity index is 504. The van der Waals surface area contributed by atoms with Gasteiger partial charge in [-0.3, -0.25) is 4.79 Å². The van der Waals surface area contributed by atoms with Crippen LogP contribution in [0.1, 0.15) is 29.0 Å². The Balaban J connectivity index is 2.43. The van der Waals surface area contributed by atoms with Crippen molar-refractivity contribution >= 4 is 6.29 Å². The third-order valence-electron chi connectivity index (χ3n) is 2.71. The maximum absolute atomic E-state index is 13.6. The standard InChI is InChI=1S/C13H12FNO/c1-10(12-6-2-3-7-13(12)14)15-8-4-5-11(15)9-16/h2-10H,1H3/t10-/m1/s1. The summed E-state index contributed by atoms with van der Waals surface area (Å²) in [5.41, 5.74) is 1.14.